The smallest absolute Gasteiger partial charge is 0.306 e. The highest BCUT2D eigenvalue weighted by Crippen LogP contribution is 1.99. The zero-order valence-corrected chi connectivity index (χ0v) is 10.9. The second kappa shape index (κ2) is 7.07. The molecule has 0 saturated carbocycles. The molecule has 0 aliphatic rings. The van der Waals surface area contributed by atoms with Crippen molar-refractivity contribution in [1.82, 2.24) is 9.71 Å². The van der Waals surface area contributed by atoms with E-state index in [9.17, 15) is 13.2 Å². The predicted octanol–water partition coefficient (Wildman–Crippen LogP) is 0.107. The van der Waals surface area contributed by atoms with Gasteiger partial charge in [0.2, 0.25) is 10.0 Å². The molecule has 18 heavy (non-hydrogen) atoms. The highest BCUT2D eigenvalue weighted by Gasteiger charge is 2.11. The first-order valence-corrected chi connectivity index (χ1v) is 7.12. The van der Waals surface area contributed by atoms with Crippen LogP contribution in [0.4, 0.5) is 0 Å². The Kier molecular flexibility index (Phi) is 5.73. The van der Waals surface area contributed by atoms with Gasteiger partial charge in [-0.15, -0.1) is 0 Å². The number of rotatable bonds is 7. The molecule has 1 heterocycles. The minimum absolute atomic E-state index is 0.0157. The lowest BCUT2D eigenvalue weighted by Crippen LogP contribution is -2.29. The van der Waals surface area contributed by atoms with Crippen molar-refractivity contribution in [1.29, 1.82) is 0 Å². The summed E-state index contributed by atoms with van der Waals surface area (Å²) in [6.07, 6.45) is 3.68. The second-order valence-corrected chi connectivity index (χ2v) is 5.57. The van der Waals surface area contributed by atoms with Gasteiger partial charge in [-0.25, -0.2) is 13.1 Å². The molecule has 0 radical (unpaired) electrons. The molecular formula is C11H16N2O4S. The fourth-order valence-electron chi connectivity index (χ4n) is 1.28. The van der Waals surface area contributed by atoms with Gasteiger partial charge in [0.15, 0.2) is 0 Å². The Morgan fingerprint density at radius 3 is 2.67 bits per heavy atom. The second-order valence-electron chi connectivity index (χ2n) is 3.64. The molecule has 1 aromatic heterocycles. The van der Waals surface area contributed by atoms with Crippen molar-refractivity contribution in [2.45, 2.75) is 12.8 Å². The van der Waals surface area contributed by atoms with Crippen LogP contribution in [0.15, 0.2) is 24.5 Å². The Bertz CT molecular complexity index is 473. The average molecular weight is 272 g/mol. The van der Waals surface area contributed by atoms with Gasteiger partial charge in [-0.2, -0.15) is 0 Å². The van der Waals surface area contributed by atoms with Gasteiger partial charge in [0.1, 0.15) is 0 Å². The molecule has 0 aromatic carbocycles. The van der Waals surface area contributed by atoms with Crippen molar-refractivity contribution < 1.29 is 17.9 Å². The van der Waals surface area contributed by atoms with E-state index in [2.05, 4.69) is 14.4 Å². The normalized spacial score (nSPS) is 11.2. The molecule has 6 nitrogen and oxygen atoms in total. The first-order chi connectivity index (χ1) is 8.53. The third kappa shape index (κ3) is 5.74. The number of hydrogen-bond acceptors (Lipinski definition) is 5. The summed E-state index contributed by atoms with van der Waals surface area (Å²) in [5, 5.41) is 0. The van der Waals surface area contributed by atoms with E-state index in [0.29, 0.717) is 6.42 Å². The van der Waals surface area contributed by atoms with Gasteiger partial charge in [-0.1, -0.05) is 0 Å². The molecule has 1 N–H and O–H groups in total. The summed E-state index contributed by atoms with van der Waals surface area (Å²) in [4.78, 5) is 14.7. The quantitative estimate of drug-likeness (QED) is 0.712. The topological polar surface area (TPSA) is 85.4 Å². The lowest BCUT2D eigenvalue weighted by molar-refractivity contribution is -0.140. The zero-order chi connectivity index (χ0) is 13.4. The first kappa shape index (κ1) is 14.6. The van der Waals surface area contributed by atoms with Gasteiger partial charge in [-0.3, -0.25) is 9.78 Å². The van der Waals surface area contributed by atoms with E-state index >= 15 is 0 Å². The van der Waals surface area contributed by atoms with E-state index in [-0.39, 0.29) is 18.7 Å². The Labute approximate surface area is 106 Å². The molecule has 0 aliphatic carbocycles. The van der Waals surface area contributed by atoms with Gasteiger partial charge in [-0.05, 0) is 24.1 Å². The Morgan fingerprint density at radius 2 is 2.06 bits per heavy atom. The number of esters is 1. The van der Waals surface area contributed by atoms with E-state index < -0.39 is 16.0 Å². The number of nitrogens with one attached hydrogen (secondary N) is 1. The van der Waals surface area contributed by atoms with Crippen LogP contribution in [0.2, 0.25) is 0 Å². The maximum atomic E-state index is 11.6. The third-order valence-electron chi connectivity index (χ3n) is 2.29. The van der Waals surface area contributed by atoms with Crippen molar-refractivity contribution in [2.75, 3.05) is 19.4 Å². The molecule has 1 rings (SSSR count). The lowest BCUT2D eigenvalue weighted by Gasteiger charge is -2.06. The van der Waals surface area contributed by atoms with E-state index in [0.717, 1.165) is 5.56 Å². The van der Waals surface area contributed by atoms with Gasteiger partial charge in [0.25, 0.3) is 0 Å². The maximum Gasteiger partial charge on any atom is 0.306 e. The maximum absolute atomic E-state index is 11.6. The number of carbonyl (C=O) groups is 1. The lowest BCUT2D eigenvalue weighted by atomic mass is 10.2. The highest BCUT2D eigenvalue weighted by molar-refractivity contribution is 7.89. The standard InChI is InChI=1S/C11H16N2O4S/c1-17-11(14)4-8-13-18(15,16)9-5-10-2-6-12-7-3-10/h2-3,6-7,13H,4-5,8-9H2,1H3. The van der Waals surface area contributed by atoms with Crippen LogP contribution in [0.25, 0.3) is 0 Å². The van der Waals surface area contributed by atoms with Gasteiger partial charge >= 0.3 is 5.97 Å². The predicted molar refractivity (Wildman–Crippen MR) is 66.4 cm³/mol. The summed E-state index contributed by atoms with van der Waals surface area (Å²) in [5.74, 6) is -0.454. The molecule has 0 aliphatic heterocycles. The van der Waals surface area contributed by atoms with E-state index in [1.54, 1.807) is 24.5 Å². The number of aryl methyl sites for hydroxylation is 1. The average Bonchev–Trinajstić information content (AvgIpc) is 2.37. The fourth-order valence-corrected chi connectivity index (χ4v) is 2.35. The molecule has 100 valence electrons. The molecule has 0 unspecified atom stereocenters. The minimum Gasteiger partial charge on any atom is -0.469 e. The summed E-state index contributed by atoms with van der Waals surface area (Å²) in [6.45, 7) is 0.0609. The van der Waals surface area contributed by atoms with Crippen LogP contribution >= 0.6 is 0 Å². The highest BCUT2D eigenvalue weighted by atomic mass is 32.2. The number of carbonyl (C=O) groups excluding carboxylic acids is 1. The number of hydrogen-bond donors (Lipinski definition) is 1. The van der Waals surface area contributed by atoms with Gasteiger partial charge in [0.05, 0.1) is 19.3 Å². The Hall–Kier alpha value is -1.47. The van der Waals surface area contributed by atoms with E-state index in [4.69, 9.17) is 0 Å². The largest absolute Gasteiger partial charge is 0.469 e. The SMILES string of the molecule is COC(=O)CCNS(=O)(=O)CCc1ccncc1. The number of aromatic nitrogens is 1. The molecule has 0 fully saturated rings. The van der Waals surface area contributed by atoms with Crippen LogP contribution in [0.3, 0.4) is 0 Å². The molecule has 0 saturated heterocycles. The summed E-state index contributed by atoms with van der Waals surface area (Å²) in [6, 6.07) is 3.54. The molecule has 0 spiro atoms. The van der Waals surface area contributed by atoms with Gasteiger partial charge in [0, 0.05) is 18.9 Å². The number of nitrogens with zero attached hydrogens (tertiary/aromatic N) is 1. The van der Waals surface area contributed by atoms with Crippen molar-refractivity contribution in [3.05, 3.63) is 30.1 Å². The number of sulfonamides is 1. The van der Waals surface area contributed by atoms with Crippen LogP contribution in [0.5, 0.6) is 0 Å². The first-order valence-electron chi connectivity index (χ1n) is 5.46. The van der Waals surface area contributed by atoms with Crippen LogP contribution in [-0.2, 0) is 26.0 Å². The molecule has 7 heteroatoms. The molecule has 0 bridgehead atoms. The molecule has 1 aromatic rings. The van der Waals surface area contributed by atoms with E-state index in [1.807, 2.05) is 0 Å². The fraction of sp³-hybridized carbons (Fsp3) is 0.455. The Morgan fingerprint density at radius 1 is 1.39 bits per heavy atom. The van der Waals surface area contributed by atoms with Crippen LogP contribution < -0.4 is 4.72 Å². The van der Waals surface area contributed by atoms with Crippen molar-refractivity contribution in [3.63, 3.8) is 0 Å². The number of pyridine rings is 1. The zero-order valence-electron chi connectivity index (χ0n) is 10.1. The molecule has 0 atom stereocenters. The van der Waals surface area contributed by atoms with Crippen molar-refractivity contribution in [2.24, 2.45) is 0 Å². The number of methoxy groups -OCH3 is 1. The summed E-state index contributed by atoms with van der Waals surface area (Å²) in [5.41, 5.74) is 0.906. The van der Waals surface area contributed by atoms with Gasteiger partial charge < -0.3 is 4.74 Å². The van der Waals surface area contributed by atoms with Crippen LogP contribution in [0.1, 0.15) is 12.0 Å². The third-order valence-corrected chi connectivity index (χ3v) is 3.67. The number of ether oxygens (including phenoxy) is 1. The minimum atomic E-state index is -3.36. The molecule has 0 amide bonds. The van der Waals surface area contributed by atoms with Crippen molar-refractivity contribution in [3.8, 4) is 0 Å². The van der Waals surface area contributed by atoms with E-state index in [1.165, 1.54) is 7.11 Å². The Balaban J connectivity index is 2.34. The van der Waals surface area contributed by atoms with Crippen LogP contribution in [0, 0.1) is 0 Å². The summed E-state index contributed by atoms with van der Waals surface area (Å²) in [7, 11) is -2.10. The van der Waals surface area contributed by atoms with Crippen LogP contribution in [-0.4, -0.2) is 38.8 Å². The summed E-state index contributed by atoms with van der Waals surface area (Å²) >= 11 is 0. The summed E-state index contributed by atoms with van der Waals surface area (Å²) < 4.78 is 30.0. The molecular weight excluding hydrogens is 256 g/mol. The monoisotopic (exact) mass is 272 g/mol. The van der Waals surface area contributed by atoms with Crippen molar-refractivity contribution >= 4 is 16.0 Å².